The number of anilines is 1. The molecule has 0 saturated heterocycles. The van der Waals surface area contributed by atoms with Gasteiger partial charge in [0, 0.05) is 6.42 Å². The average molecular weight is 198 g/mol. The molecule has 0 spiro atoms. The molecule has 1 aromatic heterocycles. The minimum absolute atomic E-state index is 0.201. The van der Waals surface area contributed by atoms with Crippen LogP contribution in [0.4, 0.5) is 5.82 Å². The second-order valence-corrected chi connectivity index (χ2v) is 2.56. The topological polar surface area (TPSA) is 61.0 Å². The highest BCUT2D eigenvalue weighted by Gasteiger charge is 2.06. The molecular weight excluding hydrogens is 190 g/mol. The van der Waals surface area contributed by atoms with Crippen LogP contribution in [-0.4, -0.2) is 16.6 Å². The number of aromatic nitrogens is 2. The van der Waals surface area contributed by atoms with Crippen LogP contribution in [0.1, 0.15) is 6.42 Å². The number of hydrogen-bond acceptors (Lipinski definition) is 4. The molecule has 2 N–H and O–H groups in total. The molecule has 68 valence electrons. The first-order valence-corrected chi connectivity index (χ1v) is 3.95. The molecule has 0 aliphatic carbocycles. The number of nitrogens with two attached hydrogens (primary N) is 1. The van der Waals surface area contributed by atoms with E-state index in [1.807, 2.05) is 0 Å². The Bertz CT molecular complexity index is 335. The smallest absolute Gasteiger partial charge is 0.237 e. The van der Waals surface area contributed by atoms with E-state index in [-0.39, 0.29) is 16.7 Å². The molecule has 0 amide bonds. The quantitative estimate of drug-likeness (QED) is 0.583. The van der Waals surface area contributed by atoms with Gasteiger partial charge in [-0.3, -0.25) is 0 Å². The minimum atomic E-state index is 0.201. The van der Waals surface area contributed by atoms with Crippen molar-refractivity contribution < 1.29 is 4.74 Å². The fourth-order valence-corrected chi connectivity index (χ4v) is 0.826. The van der Waals surface area contributed by atoms with Gasteiger partial charge in [0.2, 0.25) is 5.88 Å². The maximum Gasteiger partial charge on any atom is 0.237 e. The van der Waals surface area contributed by atoms with Crippen molar-refractivity contribution in [2.24, 2.45) is 0 Å². The highest BCUT2D eigenvalue weighted by atomic mass is 35.5. The fraction of sp³-hybridized carbons (Fsp3) is 0.250. The van der Waals surface area contributed by atoms with Crippen molar-refractivity contribution in [2.75, 3.05) is 12.3 Å². The molecule has 1 heterocycles. The lowest BCUT2D eigenvalue weighted by atomic mass is 10.5. The summed E-state index contributed by atoms with van der Waals surface area (Å²) in [5, 5.41) is 0.222. The molecule has 1 rings (SSSR count). The minimum Gasteiger partial charge on any atom is -0.475 e. The number of nitrogen functional groups attached to an aromatic ring is 1. The van der Waals surface area contributed by atoms with Gasteiger partial charge in [0.25, 0.3) is 0 Å². The van der Waals surface area contributed by atoms with Crippen LogP contribution in [0.5, 0.6) is 5.88 Å². The molecule has 5 heteroatoms. The molecule has 4 nitrogen and oxygen atoms in total. The first-order chi connectivity index (χ1) is 6.25. The van der Waals surface area contributed by atoms with Gasteiger partial charge in [-0.1, -0.05) is 11.6 Å². The number of nitrogens with zero attached hydrogens (tertiary/aromatic N) is 2. The van der Waals surface area contributed by atoms with Crippen LogP contribution in [-0.2, 0) is 0 Å². The molecule has 0 fully saturated rings. The maximum atomic E-state index is 5.75. The van der Waals surface area contributed by atoms with E-state index >= 15 is 0 Å². The van der Waals surface area contributed by atoms with Crippen molar-refractivity contribution in [1.29, 1.82) is 0 Å². The van der Waals surface area contributed by atoms with Crippen LogP contribution >= 0.6 is 11.6 Å². The SMILES string of the molecule is C#CCCOc1ncnc(N)c1Cl. The van der Waals surface area contributed by atoms with E-state index in [0.717, 1.165) is 0 Å². The van der Waals surface area contributed by atoms with Crippen molar-refractivity contribution in [3.63, 3.8) is 0 Å². The van der Waals surface area contributed by atoms with Gasteiger partial charge in [0.1, 0.15) is 23.8 Å². The number of halogens is 1. The summed E-state index contributed by atoms with van der Waals surface area (Å²) in [6.45, 7) is 0.368. The number of terminal acetylenes is 1. The Morgan fingerprint density at radius 2 is 2.38 bits per heavy atom. The van der Waals surface area contributed by atoms with Crippen LogP contribution in [0.15, 0.2) is 6.33 Å². The second kappa shape index (κ2) is 4.53. The first-order valence-electron chi connectivity index (χ1n) is 3.58. The van der Waals surface area contributed by atoms with Gasteiger partial charge in [-0.05, 0) is 0 Å². The lowest BCUT2D eigenvalue weighted by Gasteiger charge is -2.04. The van der Waals surface area contributed by atoms with E-state index in [1.165, 1.54) is 6.33 Å². The Labute approximate surface area is 81.1 Å². The van der Waals surface area contributed by atoms with Gasteiger partial charge in [-0.2, -0.15) is 0 Å². The third-order valence-corrected chi connectivity index (χ3v) is 1.62. The highest BCUT2D eigenvalue weighted by molar-refractivity contribution is 6.33. The highest BCUT2D eigenvalue weighted by Crippen LogP contribution is 2.25. The molecule has 0 atom stereocenters. The summed E-state index contributed by atoms with van der Waals surface area (Å²) in [6, 6.07) is 0. The van der Waals surface area contributed by atoms with Crippen LogP contribution in [0, 0.1) is 12.3 Å². The molecular formula is C8H8ClN3O. The second-order valence-electron chi connectivity index (χ2n) is 2.18. The molecule has 0 aromatic carbocycles. The summed E-state index contributed by atoms with van der Waals surface area (Å²) >= 11 is 5.75. The molecule has 13 heavy (non-hydrogen) atoms. The molecule has 0 unspecified atom stereocenters. The van der Waals surface area contributed by atoms with Crippen molar-refractivity contribution in [3.8, 4) is 18.2 Å². The number of rotatable bonds is 3. The first kappa shape index (κ1) is 9.62. The fourth-order valence-electron chi connectivity index (χ4n) is 0.674. The molecule has 0 saturated carbocycles. The van der Waals surface area contributed by atoms with E-state index in [1.54, 1.807) is 0 Å². The molecule has 0 radical (unpaired) electrons. The Morgan fingerprint density at radius 3 is 3.08 bits per heavy atom. The summed E-state index contributed by atoms with van der Waals surface area (Å²) < 4.78 is 5.15. The molecule has 0 aliphatic heterocycles. The van der Waals surface area contributed by atoms with E-state index in [0.29, 0.717) is 13.0 Å². The summed E-state index contributed by atoms with van der Waals surface area (Å²) in [5.41, 5.74) is 5.42. The van der Waals surface area contributed by atoms with Gasteiger partial charge in [0.15, 0.2) is 0 Å². The Hall–Kier alpha value is -1.47. The zero-order valence-corrected chi connectivity index (χ0v) is 7.58. The van der Waals surface area contributed by atoms with E-state index in [2.05, 4.69) is 15.9 Å². The predicted molar refractivity (Wildman–Crippen MR) is 50.4 cm³/mol. The van der Waals surface area contributed by atoms with E-state index in [9.17, 15) is 0 Å². The summed E-state index contributed by atoms with van der Waals surface area (Å²) in [4.78, 5) is 7.48. The van der Waals surface area contributed by atoms with Crippen molar-refractivity contribution in [2.45, 2.75) is 6.42 Å². The van der Waals surface area contributed by atoms with Crippen LogP contribution in [0.2, 0.25) is 5.02 Å². The zero-order valence-electron chi connectivity index (χ0n) is 6.83. The van der Waals surface area contributed by atoms with Gasteiger partial charge in [0.05, 0.1) is 0 Å². The van der Waals surface area contributed by atoms with Crippen LogP contribution in [0.25, 0.3) is 0 Å². The third kappa shape index (κ3) is 2.49. The lowest BCUT2D eigenvalue weighted by Crippen LogP contribution is -2.01. The van der Waals surface area contributed by atoms with Crippen molar-refractivity contribution >= 4 is 17.4 Å². The van der Waals surface area contributed by atoms with Crippen molar-refractivity contribution in [3.05, 3.63) is 11.3 Å². The van der Waals surface area contributed by atoms with Gasteiger partial charge < -0.3 is 10.5 Å². The van der Waals surface area contributed by atoms with Gasteiger partial charge in [-0.25, -0.2) is 9.97 Å². The monoisotopic (exact) mass is 197 g/mol. The van der Waals surface area contributed by atoms with Gasteiger partial charge >= 0.3 is 0 Å². The molecule has 0 bridgehead atoms. The summed E-state index contributed by atoms with van der Waals surface area (Å²) in [6.07, 6.45) is 6.82. The number of hydrogen-bond donors (Lipinski definition) is 1. The number of ether oxygens (including phenoxy) is 1. The average Bonchev–Trinajstić information content (AvgIpc) is 2.13. The largest absolute Gasteiger partial charge is 0.475 e. The third-order valence-electron chi connectivity index (χ3n) is 1.27. The lowest BCUT2D eigenvalue weighted by molar-refractivity contribution is 0.314. The Kier molecular flexibility index (Phi) is 3.35. The zero-order chi connectivity index (χ0) is 9.68. The Balaban J connectivity index is 2.67. The van der Waals surface area contributed by atoms with Crippen LogP contribution in [0.3, 0.4) is 0 Å². The summed E-state index contributed by atoms with van der Waals surface area (Å²) in [5.74, 6) is 2.90. The molecule has 1 aromatic rings. The maximum absolute atomic E-state index is 5.75. The predicted octanol–water partition coefficient (Wildman–Crippen LogP) is 1.11. The van der Waals surface area contributed by atoms with Gasteiger partial charge in [-0.15, -0.1) is 12.3 Å². The van der Waals surface area contributed by atoms with Crippen LogP contribution < -0.4 is 10.5 Å². The molecule has 0 aliphatic rings. The Morgan fingerprint density at radius 1 is 1.62 bits per heavy atom. The van der Waals surface area contributed by atoms with E-state index < -0.39 is 0 Å². The van der Waals surface area contributed by atoms with Crippen molar-refractivity contribution in [1.82, 2.24) is 9.97 Å². The normalized spacial score (nSPS) is 9.23. The van der Waals surface area contributed by atoms with E-state index in [4.69, 9.17) is 28.5 Å². The standard InChI is InChI=1S/C8H8ClN3O/c1-2-3-4-13-8-6(9)7(10)11-5-12-8/h1,5H,3-4H2,(H2,10,11,12). The summed E-state index contributed by atoms with van der Waals surface area (Å²) in [7, 11) is 0.